The Balaban J connectivity index is 2.28. The van der Waals surface area contributed by atoms with Gasteiger partial charge in [-0.15, -0.1) is 5.10 Å². The number of nitrogen functional groups attached to an aromatic ring is 1. The molecule has 11 heavy (non-hydrogen) atoms. The van der Waals surface area contributed by atoms with E-state index in [-0.39, 0.29) is 5.41 Å². The Bertz CT molecular complexity index is 261. The highest BCUT2D eigenvalue weighted by molar-refractivity contribution is 5.19. The predicted octanol–water partition coefficient (Wildman–Crippen LogP) is 0.828. The van der Waals surface area contributed by atoms with Crippen LogP contribution in [0.1, 0.15) is 32.0 Å². The van der Waals surface area contributed by atoms with E-state index in [0.717, 1.165) is 5.82 Å². The van der Waals surface area contributed by atoms with Gasteiger partial charge in [-0.1, -0.05) is 13.3 Å². The van der Waals surface area contributed by atoms with Crippen LogP contribution in [-0.2, 0) is 5.41 Å². The number of nitrogens with zero attached hydrogens (tertiary/aromatic N) is 2. The van der Waals surface area contributed by atoms with Crippen molar-refractivity contribution < 1.29 is 0 Å². The van der Waals surface area contributed by atoms with Crippen molar-refractivity contribution in [1.82, 2.24) is 15.2 Å². The topological polar surface area (TPSA) is 67.6 Å². The van der Waals surface area contributed by atoms with Crippen molar-refractivity contribution in [3.05, 3.63) is 5.82 Å². The first kappa shape index (κ1) is 6.64. The maximum absolute atomic E-state index is 5.40. The number of rotatable bonds is 1. The summed E-state index contributed by atoms with van der Waals surface area (Å²) in [4.78, 5) is 4.12. The number of nitrogens with one attached hydrogen (secondary N) is 1. The molecule has 3 N–H and O–H groups in total. The van der Waals surface area contributed by atoms with Crippen LogP contribution in [-0.4, -0.2) is 15.2 Å². The average Bonchev–Trinajstić information content (AvgIpc) is 2.31. The average molecular weight is 152 g/mol. The summed E-state index contributed by atoms with van der Waals surface area (Å²) in [6.07, 6.45) is 3.68. The number of aromatic amines is 1. The fraction of sp³-hybridized carbons (Fsp3) is 0.714. The second-order valence-electron chi connectivity index (χ2n) is 3.46. The van der Waals surface area contributed by atoms with Crippen molar-refractivity contribution in [3.63, 3.8) is 0 Å². The maximum Gasteiger partial charge on any atom is 0.239 e. The summed E-state index contributed by atoms with van der Waals surface area (Å²) >= 11 is 0. The van der Waals surface area contributed by atoms with Crippen molar-refractivity contribution >= 4 is 5.95 Å². The van der Waals surface area contributed by atoms with Gasteiger partial charge >= 0.3 is 0 Å². The minimum Gasteiger partial charge on any atom is -0.367 e. The minimum atomic E-state index is 0.227. The van der Waals surface area contributed by atoms with Crippen molar-refractivity contribution in [3.8, 4) is 0 Å². The minimum absolute atomic E-state index is 0.227. The van der Waals surface area contributed by atoms with E-state index in [2.05, 4.69) is 22.1 Å². The van der Waals surface area contributed by atoms with Gasteiger partial charge in [0.15, 0.2) is 0 Å². The van der Waals surface area contributed by atoms with Crippen molar-refractivity contribution in [1.29, 1.82) is 0 Å². The first-order valence-corrected chi connectivity index (χ1v) is 3.89. The fourth-order valence-corrected chi connectivity index (χ4v) is 1.49. The number of hydrogen-bond donors (Lipinski definition) is 2. The zero-order valence-corrected chi connectivity index (χ0v) is 6.59. The third-order valence-corrected chi connectivity index (χ3v) is 2.53. The van der Waals surface area contributed by atoms with Gasteiger partial charge < -0.3 is 5.73 Å². The summed E-state index contributed by atoms with van der Waals surface area (Å²) in [5.41, 5.74) is 5.63. The standard InChI is InChI=1S/C7H12N4/c1-7(3-2-4-7)5-9-6(8)11-10-5/h2-4H2,1H3,(H3,8,9,10,11). The molecule has 0 unspecified atom stereocenters. The predicted molar refractivity (Wildman–Crippen MR) is 42.0 cm³/mol. The summed E-state index contributed by atoms with van der Waals surface area (Å²) in [6, 6.07) is 0. The van der Waals surface area contributed by atoms with Crippen LogP contribution in [0.25, 0.3) is 0 Å². The number of hydrogen-bond acceptors (Lipinski definition) is 3. The Morgan fingerprint density at radius 1 is 1.55 bits per heavy atom. The van der Waals surface area contributed by atoms with Crippen molar-refractivity contribution in [2.75, 3.05) is 5.73 Å². The number of aromatic nitrogens is 3. The van der Waals surface area contributed by atoms with E-state index in [4.69, 9.17) is 5.73 Å². The van der Waals surface area contributed by atoms with Crippen LogP contribution < -0.4 is 5.73 Å². The monoisotopic (exact) mass is 152 g/mol. The normalized spacial score (nSPS) is 21.2. The lowest BCUT2D eigenvalue weighted by Crippen LogP contribution is -2.31. The van der Waals surface area contributed by atoms with E-state index >= 15 is 0 Å². The van der Waals surface area contributed by atoms with Crippen LogP contribution in [0.2, 0.25) is 0 Å². The number of nitrogens with two attached hydrogens (primary N) is 1. The van der Waals surface area contributed by atoms with Crippen LogP contribution in [0.15, 0.2) is 0 Å². The zero-order chi connectivity index (χ0) is 7.90. The van der Waals surface area contributed by atoms with Gasteiger partial charge in [-0.05, 0) is 12.8 Å². The maximum atomic E-state index is 5.40. The van der Waals surface area contributed by atoms with Gasteiger partial charge in [0.05, 0.1) is 0 Å². The summed E-state index contributed by atoms with van der Waals surface area (Å²) < 4.78 is 0. The molecular weight excluding hydrogens is 140 g/mol. The van der Waals surface area contributed by atoms with Crippen LogP contribution >= 0.6 is 0 Å². The van der Waals surface area contributed by atoms with Crippen molar-refractivity contribution in [2.24, 2.45) is 0 Å². The van der Waals surface area contributed by atoms with Crippen LogP contribution in [0.4, 0.5) is 5.95 Å². The molecule has 1 saturated carbocycles. The molecule has 0 aromatic carbocycles. The first-order chi connectivity index (χ1) is 5.21. The SMILES string of the molecule is CC1(c2nc(N)n[nH]2)CCC1. The molecule has 0 spiro atoms. The second kappa shape index (κ2) is 1.96. The van der Waals surface area contributed by atoms with Gasteiger partial charge in [0.2, 0.25) is 5.95 Å². The third-order valence-electron chi connectivity index (χ3n) is 2.53. The molecule has 1 aromatic rings. The highest BCUT2D eigenvalue weighted by atomic mass is 15.3. The molecule has 0 amide bonds. The molecule has 0 saturated heterocycles. The van der Waals surface area contributed by atoms with Gasteiger partial charge in [0, 0.05) is 5.41 Å². The van der Waals surface area contributed by atoms with Gasteiger partial charge in [-0.2, -0.15) is 4.98 Å². The Kier molecular flexibility index (Phi) is 1.19. The molecule has 1 heterocycles. The smallest absolute Gasteiger partial charge is 0.239 e. The van der Waals surface area contributed by atoms with Gasteiger partial charge in [-0.3, -0.25) is 5.10 Å². The molecule has 2 rings (SSSR count). The molecule has 1 aliphatic rings. The quantitative estimate of drug-likeness (QED) is 0.626. The van der Waals surface area contributed by atoms with Gasteiger partial charge in [-0.25, -0.2) is 0 Å². The van der Waals surface area contributed by atoms with E-state index in [1.165, 1.54) is 19.3 Å². The lowest BCUT2D eigenvalue weighted by atomic mass is 9.70. The number of H-pyrrole nitrogens is 1. The first-order valence-electron chi connectivity index (χ1n) is 3.89. The summed E-state index contributed by atoms with van der Waals surface area (Å²) in [5.74, 6) is 1.30. The summed E-state index contributed by atoms with van der Waals surface area (Å²) in [6.45, 7) is 2.19. The van der Waals surface area contributed by atoms with E-state index in [1.54, 1.807) is 0 Å². The van der Waals surface area contributed by atoms with E-state index in [1.807, 2.05) is 0 Å². The number of anilines is 1. The molecule has 4 heteroatoms. The van der Waals surface area contributed by atoms with Crippen LogP contribution in [0, 0.1) is 0 Å². The van der Waals surface area contributed by atoms with E-state index in [9.17, 15) is 0 Å². The highest BCUT2D eigenvalue weighted by Crippen LogP contribution is 2.41. The molecule has 60 valence electrons. The van der Waals surface area contributed by atoms with E-state index < -0.39 is 0 Å². The molecule has 0 aliphatic heterocycles. The van der Waals surface area contributed by atoms with Gasteiger partial charge in [0.1, 0.15) is 5.82 Å². The molecule has 1 aromatic heterocycles. The summed E-state index contributed by atoms with van der Waals surface area (Å²) in [7, 11) is 0. The molecule has 0 radical (unpaired) electrons. The van der Waals surface area contributed by atoms with E-state index in [0.29, 0.717) is 5.95 Å². The Morgan fingerprint density at radius 2 is 2.27 bits per heavy atom. The molecule has 1 aliphatic carbocycles. The van der Waals surface area contributed by atoms with Gasteiger partial charge in [0.25, 0.3) is 0 Å². The fourth-order valence-electron chi connectivity index (χ4n) is 1.49. The third kappa shape index (κ3) is 0.895. The van der Waals surface area contributed by atoms with Crippen LogP contribution in [0.5, 0.6) is 0 Å². The largest absolute Gasteiger partial charge is 0.367 e. The second-order valence-corrected chi connectivity index (χ2v) is 3.46. The molecule has 0 bridgehead atoms. The Labute approximate surface area is 65.2 Å². The Hall–Kier alpha value is -1.06. The lowest BCUT2D eigenvalue weighted by molar-refractivity contribution is 0.257. The lowest BCUT2D eigenvalue weighted by Gasteiger charge is -2.35. The Morgan fingerprint density at radius 3 is 2.64 bits per heavy atom. The van der Waals surface area contributed by atoms with Crippen molar-refractivity contribution in [2.45, 2.75) is 31.6 Å². The highest BCUT2D eigenvalue weighted by Gasteiger charge is 2.36. The molecule has 0 atom stereocenters. The summed E-state index contributed by atoms with van der Waals surface area (Å²) in [5, 5.41) is 6.67. The zero-order valence-electron chi connectivity index (χ0n) is 6.59. The van der Waals surface area contributed by atoms with Crippen LogP contribution in [0.3, 0.4) is 0 Å². The molecule has 4 nitrogen and oxygen atoms in total. The molecular formula is C7H12N4. The molecule has 1 fully saturated rings.